The van der Waals surface area contributed by atoms with E-state index in [-0.39, 0.29) is 5.82 Å². The number of nitrogens with one attached hydrogen (secondary N) is 1. The van der Waals surface area contributed by atoms with Gasteiger partial charge in [-0.25, -0.2) is 9.37 Å². The first kappa shape index (κ1) is 12.2. The van der Waals surface area contributed by atoms with E-state index < -0.39 is 0 Å². The van der Waals surface area contributed by atoms with E-state index in [1.807, 2.05) is 7.05 Å². The maximum atomic E-state index is 12.9. The summed E-state index contributed by atoms with van der Waals surface area (Å²) in [7, 11) is 1.83. The predicted octanol–water partition coefficient (Wildman–Crippen LogP) is 2.01. The molecule has 0 unspecified atom stereocenters. The first-order valence-electron chi connectivity index (χ1n) is 5.14. The minimum absolute atomic E-state index is 0.244. The van der Waals surface area contributed by atoms with Crippen molar-refractivity contribution in [3.8, 4) is 0 Å². The third-order valence-electron chi connectivity index (χ3n) is 2.26. The normalized spacial score (nSPS) is 10.8. The fourth-order valence-electron chi connectivity index (χ4n) is 1.44. The van der Waals surface area contributed by atoms with Crippen LogP contribution in [0.5, 0.6) is 0 Å². The lowest BCUT2D eigenvalue weighted by Gasteiger charge is -2.05. The second kappa shape index (κ2) is 5.37. The van der Waals surface area contributed by atoms with E-state index in [0.29, 0.717) is 13.1 Å². The molecule has 0 aliphatic rings. The molecule has 1 aromatic carbocycles. The molecule has 0 fully saturated rings. The van der Waals surface area contributed by atoms with Crippen molar-refractivity contribution < 1.29 is 4.39 Å². The number of benzene rings is 1. The van der Waals surface area contributed by atoms with E-state index in [0.717, 1.165) is 15.9 Å². The lowest BCUT2D eigenvalue weighted by molar-refractivity contribution is 0.620. The van der Waals surface area contributed by atoms with Crippen molar-refractivity contribution in [1.29, 1.82) is 0 Å². The van der Waals surface area contributed by atoms with Gasteiger partial charge in [-0.15, -0.1) is 0 Å². The number of nitrogens with zero attached hydrogens (tertiary/aromatic N) is 3. The summed E-state index contributed by atoms with van der Waals surface area (Å²) in [4.78, 5) is 4.10. The maximum absolute atomic E-state index is 12.9. The monoisotopic (exact) mass is 298 g/mol. The lowest BCUT2D eigenvalue weighted by atomic mass is 10.2. The summed E-state index contributed by atoms with van der Waals surface area (Å²) < 4.78 is 15.3. The minimum Gasteiger partial charge on any atom is -0.306 e. The van der Waals surface area contributed by atoms with Gasteiger partial charge in [0.2, 0.25) is 0 Å². The van der Waals surface area contributed by atoms with Crippen molar-refractivity contribution in [3.05, 3.63) is 46.2 Å². The van der Waals surface area contributed by atoms with Crippen molar-refractivity contribution in [2.24, 2.45) is 7.05 Å². The van der Waals surface area contributed by atoms with Crippen LogP contribution in [-0.4, -0.2) is 14.8 Å². The molecule has 2 aromatic rings. The Morgan fingerprint density at radius 3 is 2.88 bits per heavy atom. The molecule has 4 nitrogen and oxygen atoms in total. The highest BCUT2D eigenvalue weighted by Gasteiger charge is 2.02. The smallest absolute Gasteiger partial charge is 0.164 e. The van der Waals surface area contributed by atoms with Crippen LogP contribution in [0.3, 0.4) is 0 Å². The summed E-state index contributed by atoms with van der Waals surface area (Å²) in [6.45, 7) is 1.23. The molecule has 0 spiro atoms. The van der Waals surface area contributed by atoms with Crippen molar-refractivity contribution in [2.75, 3.05) is 0 Å². The third-order valence-corrected chi connectivity index (χ3v) is 3.00. The SMILES string of the molecule is Cn1cnc(CNCc2ccc(F)cc2Br)n1. The molecule has 0 aliphatic carbocycles. The Morgan fingerprint density at radius 1 is 1.41 bits per heavy atom. The third kappa shape index (κ3) is 3.34. The fourth-order valence-corrected chi connectivity index (χ4v) is 1.93. The summed E-state index contributed by atoms with van der Waals surface area (Å²) in [5, 5.41) is 7.35. The number of aromatic nitrogens is 3. The van der Waals surface area contributed by atoms with E-state index in [2.05, 4.69) is 31.3 Å². The van der Waals surface area contributed by atoms with Gasteiger partial charge < -0.3 is 5.32 Å². The van der Waals surface area contributed by atoms with E-state index in [1.165, 1.54) is 12.1 Å². The van der Waals surface area contributed by atoms with Crippen LogP contribution in [-0.2, 0) is 20.1 Å². The molecule has 17 heavy (non-hydrogen) atoms. The zero-order valence-electron chi connectivity index (χ0n) is 9.32. The molecule has 1 N–H and O–H groups in total. The van der Waals surface area contributed by atoms with Crippen molar-refractivity contribution in [2.45, 2.75) is 13.1 Å². The number of hydrogen-bond donors (Lipinski definition) is 1. The second-order valence-corrected chi connectivity index (χ2v) is 4.53. The minimum atomic E-state index is -0.244. The van der Waals surface area contributed by atoms with Crippen LogP contribution in [0.4, 0.5) is 4.39 Å². The summed E-state index contributed by atoms with van der Waals surface area (Å²) in [5.41, 5.74) is 1.00. The Balaban J connectivity index is 1.90. The van der Waals surface area contributed by atoms with Gasteiger partial charge in [0, 0.05) is 18.1 Å². The van der Waals surface area contributed by atoms with Gasteiger partial charge in [0.05, 0.1) is 6.54 Å². The van der Waals surface area contributed by atoms with Crippen LogP contribution in [0.15, 0.2) is 29.0 Å². The number of halogens is 2. The van der Waals surface area contributed by atoms with Crippen molar-refractivity contribution >= 4 is 15.9 Å². The molecule has 0 bridgehead atoms. The van der Waals surface area contributed by atoms with Crippen LogP contribution in [0.2, 0.25) is 0 Å². The molecule has 0 radical (unpaired) electrons. The highest BCUT2D eigenvalue weighted by molar-refractivity contribution is 9.10. The van der Waals surface area contributed by atoms with Crippen LogP contribution < -0.4 is 5.32 Å². The quantitative estimate of drug-likeness (QED) is 0.939. The zero-order valence-corrected chi connectivity index (χ0v) is 10.9. The standard InChI is InChI=1S/C11H12BrFN4/c1-17-7-15-11(16-17)6-14-5-8-2-3-9(13)4-10(8)12/h2-4,7,14H,5-6H2,1H3. The molecule has 0 saturated heterocycles. The van der Waals surface area contributed by atoms with Gasteiger partial charge >= 0.3 is 0 Å². The zero-order chi connectivity index (χ0) is 12.3. The molecule has 2 rings (SSSR count). The molecule has 1 heterocycles. The molecular weight excluding hydrogens is 287 g/mol. The van der Waals surface area contributed by atoms with E-state index in [1.54, 1.807) is 17.1 Å². The van der Waals surface area contributed by atoms with Gasteiger partial charge in [0.15, 0.2) is 5.82 Å². The predicted molar refractivity (Wildman–Crippen MR) is 65.6 cm³/mol. The van der Waals surface area contributed by atoms with Gasteiger partial charge in [0.1, 0.15) is 12.1 Å². The molecule has 0 atom stereocenters. The van der Waals surface area contributed by atoms with Crippen LogP contribution in [0.1, 0.15) is 11.4 Å². The van der Waals surface area contributed by atoms with Gasteiger partial charge in [-0.05, 0) is 17.7 Å². The van der Waals surface area contributed by atoms with Crippen LogP contribution in [0, 0.1) is 5.82 Å². The summed E-state index contributed by atoms with van der Waals surface area (Å²) in [5.74, 6) is 0.498. The Morgan fingerprint density at radius 2 is 2.24 bits per heavy atom. The Bertz CT molecular complexity index is 512. The number of rotatable bonds is 4. The Hall–Kier alpha value is -1.27. The molecule has 1 aromatic heterocycles. The van der Waals surface area contributed by atoms with Crippen molar-refractivity contribution in [3.63, 3.8) is 0 Å². The molecule has 0 amide bonds. The topological polar surface area (TPSA) is 42.7 Å². The highest BCUT2D eigenvalue weighted by atomic mass is 79.9. The molecule has 6 heteroatoms. The lowest BCUT2D eigenvalue weighted by Crippen LogP contribution is -2.14. The first-order chi connectivity index (χ1) is 8.15. The summed E-state index contributed by atoms with van der Waals surface area (Å²) in [6, 6.07) is 4.65. The maximum Gasteiger partial charge on any atom is 0.164 e. The van der Waals surface area contributed by atoms with E-state index in [4.69, 9.17) is 0 Å². The van der Waals surface area contributed by atoms with Gasteiger partial charge in [-0.3, -0.25) is 4.68 Å². The summed E-state index contributed by atoms with van der Waals surface area (Å²) >= 11 is 3.32. The van der Waals surface area contributed by atoms with Crippen molar-refractivity contribution in [1.82, 2.24) is 20.1 Å². The number of hydrogen-bond acceptors (Lipinski definition) is 3. The highest BCUT2D eigenvalue weighted by Crippen LogP contribution is 2.17. The second-order valence-electron chi connectivity index (χ2n) is 3.67. The fraction of sp³-hybridized carbons (Fsp3) is 0.273. The van der Waals surface area contributed by atoms with Gasteiger partial charge in [0.25, 0.3) is 0 Å². The van der Waals surface area contributed by atoms with E-state index in [9.17, 15) is 4.39 Å². The Labute approximate surface area is 107 Å². The number of aryl methyl sites for hydroxylation is 1. The average Bonchev–Trinajstić information content (AvgIpc) is 2.68. The molecule has 90 valence electrons. The first-order valence-corrected chi connectivity index (χ1v) is 5.93. The van der Waals surface area contributed by atoms with Crippen LogP contribution in [0.25, 0.3) is 0 Å². The largest absolute Gasteiger partial charge is 0.306 e. The molecule has 0 aliphatic heterocycles. The Kier molecular flexibility index (Phi) is 3.86. The average molecular weight is 299 g/mol. The molecular formula is C11H12BrFN4. The van der Waals surface area contributed by atoms with Crippen LogP contribution >= 0.6 is 15.9 Å². The van der Waals surface area contributed by atoms with Gasteiger partial charge in [-0.2, -0.15) is 5.10 Å². The molecule has 0 saturated carbocycles. The van der Waals surface area contributed by atoms with Gasteiger partial charge in [-0.1, -0.05) is 22.0 Å². The van der Waals surface area contributed by atoms with E-state index >= 15 is 0 Å². The summed E-state index contributed by atoms with van der Waals surface area (Å²) in [6.07, 6.45) is 1.66.